The van der Waals surface area contributed by atoms with Crippen LogP contribution in [0.2, 0.25) is 0 Å². The Labute approximate surface area is 118 Å². The molecule has 0 bridgehead atoms. The van der Waals surface area contributed by atoms with Crippen molar-refractivity contribution < 1.29 is 4.79 Å². The quantitative estimate of drug-likeness (QED) is 0.787. The number of benzene rings is 1. The zero-order valence-electron chi connectivity index (χ0n) is 12.3. The minimum atomic E-state index is -0.261. The minimum Gasteiger partial charge on any atom is -0.302 e. The third-order valence-corrected chi connectivity index (χ3v) is 3.29. The van der Waals surface area contributed by atoms with E-state index in [4.69, 9.17) is 0 Å². The van der Waals surface area contributed by atoms with Crippen molar-refractivity contribution in [2.75, 3.05) is 20.6 Å². The molecule has 0 saturated heterocycles. The van der Waals surface area contributed by atoms with Crippen LogP contribution in [0.15, 0.2) is 35.1 Å². The van der Waals surface area contributed by atoms with Crippen LogP contribution >= 0.6 is 0 Å². The summed E-state index contributed by atoms with van der Waals surface area (Å²) in [5, 5.41) is 0. The highest BCUT2D eigenvalue weighted by atomic mass is 16.2. The van der Waals surface area contributed by atoms with E-state index in [1.165, 1.54) is 4.68 Å². The summed E-state index contributed by atoms with van der Waals surface area (Å²) in [4.78, 5) is 26.5. The number of carbonyl (C=O) groups is 1. The molecule has 0 spiro atoms. The normalized spacial score (nSPS) is 11.1. The molecule has 2 rings (SSSR count). The lowest BCUT2D eigenvalue weighted by molar-refractivity contribution is 0.0956. The van der Waals surface area contributed by atoms with Crippen LogP contribution in [0.5, 0.6) is 0 Å². The first-order valence-electron chi connectivity index (χ1n) is 6.45. The third kappa shape index (κ3) is 2.44. The maximum Gasteiger partial charge on any atom is 0.282 e. The average Bonchev–Trinajstić information content (AvgIpc) is 2.60. The number of aromatic nitrogens is 2. The molecule has 0 unspecified atom stereocenters. The number of rotatable bonds is 4. The van der Waals surface area contributed by atoms with Crippen molar-refractivity contribution in [3.8, 4) is 5.69 Å². The van der Waals surface area contributed by atoms with Gasteiger partial charge in [0.25, 0.3) is 5.56 Å². The predicted octanol–water partition coefficient (Wildman–Crippen LogP) is 1.23. The first kappa shape index (κ1) is 14.3. The van der Waals surface area contributed by atoms with Gasteiger partial charge in [0.1, 0.15) is 5.56 Å². The average molecular weight is 273 g/mol. The number of para-hydroxylation sites is 1. The standard InChI is InChI=1S/C15H19N3O2/c1-11-14(13(19)10-16(2)3)15(20)18(17(11)4)12-8-6-5-7-9-12/h5-9H,10H2,1-4H3. The Morgan fingerprint density at radius 2 is 1.80 bits per heavy atom. The second-order valence-corrected chi connectivity index (χ2v) is 5.10. The molecule has 0 fully saturated rings. The maximum absolute atomic E-state index is 12.5. The van der Waals surface area contributed by atoms with Gasteiger partial charge in [-0.3, -0.25) is 14.3 Å². The molecule has 5 heteroatoms. The molecule has 0 amide bonds. The fourth-order valence-electron chi connectivity index (χ4n) is 2.26. The molecular formula is C15H19N3O2. The molecular weight excluding hydrogens is 254 g/mol. The molecule has 2 aromatic rings. The number of likely N-dealkylation sites (N-methyl/N-ethyl adjacent to an activating group) is 1. The first-order chi connectivity index (χ1) is 9.43. The zero-order chi connectivity index (χ0) is 14.9. The highest BCUT2D eigenvalue weighted by Gasteiger charge is 2.22. The number of hydrogen-bond donors (Lipinski definition) is 0. The molecule has 1 aromatic carbocycles. The van der Waals surface area contributed by atoms with Crippen LogP contribution in [-0.2, 0) is 7.05 Å². The number of carbonyl (C=O) groups excluding carboxylic acids is 1. The summed E-state index contributed by atoms with van der Waals surface area (Å²) in [6.07, 6.45) is 0. The summed E-state index contributed by atoms with van der Waals surface area (Å²) in [7, 11) is 5.41. The van der Waals surface area contributed by atoms with Gasteiger partial charge in [0, 0.05) is 12.7 Å². The Hall–Kier alpha value is -2.14. The molecule has 1 heterocycles. The monoisotopic (exact) mass is 273 g/mol. The van der Waals surface area contributed by atoms with E-state index in [0.29, 0.717) is 5.69 Å². The van der Waals surface area contributed by atoms with Crippen LogP contribution in [0.25, 0.3) is 5.69 Å². The summed E-state index contributed by atoms with van der Waals surface area (Å²) in [6, 6.07) is 9.32. The third-order valence-electron chi connectivity index (χ3n) is 3.29. The van der Waals surface area contributed by atoms with Gasteiger partial charge in [0.05, 0.1) is 12.2 Å². The van der Waals surface area contributed by atoms with Crippen LogP contribution in [0.4, 0.5) is 0 Å². The van der Waals surface area contributed by atoms with Crippen LogP contribution in [0, 0.1) is 6.92 Å². The van der Waals surface area contributed by atoms with Crippen LogP contribution in [-0.4, -0.2) is 40.7 Å². The van der Waals surface area contributed by atoms with E-state index in [0.717, 1.165) is 5.69 Å². The summed E-state index contributed by atoms with van der Waals surface area (Å²) in [6.45, 7) is 2.03. The molecule has 106 valence electrons. The summed E-state index contributed by atoms with van der Waals surface area (Å²) >= 11 is 0. The van der Waals surface area contributed by atoms with Gasteiger partial charge in [0.15, 0.2) is 5.78 Å². The Bertz CT molecular complexity index is 681. The Morgan fingerprint density at radius 3 is 2.35 bits per heavy atom. The van der Waals surface area contributed by atoms with Gasteiger partial charge in [0.2, 0.25) is 0 Å². The van der Waals surface area contributed by atoms with Gasteiger partial charge in [-0.1, -0.05) is 18.2 Å². The fourth-order valence-corrected chi connectivity index (χ4v) is 2.26. The Kier molecular flexibility index (Phi) is 3.90. The lowest BCUT2D eigenvalue weighted by Crippen LogP contribution is -2.28. The fraction of sp³-hybridized carbons (Fsp3) is 0.333. The van der Waals surface area contributed by atoms with E-state index in [2.05, 4.69) is 0 Å². The molecule has 0 saturated carbocycles. The molecule has 20 heavy (non-hydrogen) atoms. The molecule has 0 aliphatic rings. The minimum absolute atomic E-state index is 0.150. The van der Waals surface area contributed by atoms with Gasteiger partial charge in [-0.15, -0.1) is 0 Å². The highest BCUT2D eigenvalue weighted by molar-refractivity contribution is 5.98. The number of ketones is 1. The van der Waals surface area contributed by atoms with E-state index < -0.39 is 0 Å². The largest absolute Gasteiger partial charge is 0.302 e. The SMILES string of the molecule is Cc1c(C(=O)CN(C)C)c(=O)n(-c2ccccc2)n1C. The van der Waals surface area contributed by atoms with Gasteiger partial charge < -0.3 is 4.90 Å². The van der Waals surface area contributed by atoms with Crippen molar-refractivity contribution in [1.29, 1.82) is 0 Å². The Morgan fingerprint density at radius 1 is 1.20 bits per heavy atom. The molecule has 1 aromatic heterocycles. The summed E-state index contributed by atoms with van der Waals surface area (Å²) < 4.78 is 3.25. The van der Waals surface area contributed by atoms with E-state index in [-0.39, 0.29) is 23.5 Å². The van der Waals surface area contributed by atoms with Crippen molar-refractivity contribution in [2.45, 2.75) is 6.92 Å². The zero-order valence-corrected chi connectivity index (χ0v) is 12.3. The Balaban J connectivity index is 2.58. The van der Waals surface area contributed by atoms with Gasteiger partial charge in [-0.05, 0) is 33.2 Å². The highest BCUT2D eigenvalue weighted by Crippen LogP contribution is 2.10. The smallest absolute Gasteiger partial charge is 0.282 e. The van der Waals surface area contributed by atoms with E-state index in [1.54, 1.807) is 23.6 Å². The summed E-state index contributed by atoms with van der Waals surface area (Å²) in [5.41, 5.74) is 1.45. The van der Waals surface area contributed by atoms with Crippen LogP contribution in [0.3, 0.4) is 0 Å². The molecule has 0 aliphatic heterocycles. The van der Waals surface area contributed by atoms with Gasteiger partial charge >= 0.3 is 0 Å². The van der Waals surface area contributed by atoms with Crippen LogP contribution in [0.1, 0.15) is 16.1 Å². The first-order valence-corrected chi connectivity index (χ1v) is 6.45. The van der Waals surface area contributed by atoms with Gasteiger partial charge in [-0.25, -0.2) is 4.68 Å². The maximum atomic E-state index is 12.5. The molecule has 0 radical (unpaired) electrons. The van der Waals surface area contributed by atoms with Crippen molar-refractivity contribution in [1.82, 2.24) is 14.3 Å². The second-order valence-electron chi connectivity index (χ2n) is 5.10. The van der Waals surface area contributed by atoms with E-state index in [1.807, 2.05) is 44.4 Å². The van der Waals surface area contributed by atoms with Crippen LogP contribution < -0.4 is 5.56 Å². The number of hydrogen-bond acceptors (Lipinski definition) is 3. The van der Waals surface area contributed by atoms with Crippen molar-refractivity contribution in [3.05, 3.63) is 51.9 Å². The molecule has 0 N–H and O–H groups in total. The second kappa shape index (κ2) is 5.46. The molecule has 0 aliphatic carbocycles. The molecule has 5 nitrogen and oxygen atoms in total. The molecule has 0 atom stereocenters. The van der Waals surface area contributed by atoms with E-state index in [9.17, 15) is 9.59 Å². The number of Topliss-reactive ketones (excluding diaryl/α,β-unsaturated/α-hetero) is 1. The van der Waals surface area contributed by atoms with E-state index >= 15 is 0 Å². The van der Waals surface area contributed by atoms with Gasteiger partial charge in [-0.2, -0.15) is 0 Å². The van der Waals surface area contributed by atoms with Crippen molar-refractivity contribution in [2.24, 2.45) is 7.05 Å². The lowest BCUT2D eigenvalue weighted by Gasteiger charge is -2.07. The van der Waals surface area contributed by atoms with Crippen molar-refractivity contribution in [3.63, 3.8) is 0 Å². The van der Waals surface area contributed by atoms with Crippen molar-refractivity contribution >= 4 is 5.78 Å². The predicted molar refractivity (Wildman–Crippen MR) is 78.6 cm³/mol. The lowest BCUT2D eigenvalue weighted by atomic mass is 10.1. The summed E-state index contributed by atoms with van der Waals surface area (Å²) in [5.74, 6) is -0.150. The number of nitrogens with zero attached hydrogens (tertiary/aromatic N) is 3. The topological polar surface area (TPSA) is 47.2 Å².